The molecule has 0 bridgehead atoms. The molecule has 1 aliphatic rings. The van der Waals surface area contributed by atoms with E-state index in [1.807, 2.05) is 0 Å². The van der Waals surface area contributed by atoms with Crippen molar-refractivity contribution in [1.82, 2.24) is 0 Å². The van der Waals surface area contributed by atoms with Gasteiger partial charge < -0.3 is 0 Å². The van der Waals surface area contributed by atoms with Crippen LogP contribution < -0.4 is 0 Å². The van der Waals surface area contributed by atoms with E-state index in [0.717, 1.165) is 6.42 Å². The second kappa shape index (κ2) is 9.10. The maximum atomic E-state index is 2.44. The maximum absolute atomic E-state index is 2.44. The lowest BCUT2D eigenvalue weighted by atomic mass is 9.59. The summed E-state index contributed by atoms with van der Waals surface area (Å²) in [7, 11) is 0. The molecule has 0 saturated carbocycles. The second-order valence-electron chi connectivity index (χ2n) is 9.12. The van der Waals surface area contributed by atoms with Crippen LogP contribution in [0.1, 0.15) is 59.6 Å². The Labute approximate surface area is 188 Å². The lowest BCUT2D eigenvalue weighted by Crippen LogP contribution is -2.38. The van der Waals surface area contributed by atoms with Gasteiger partial charge in [0, 0.05) is 5.92 Å². The first-order chi connectivity index (χ1) is 15.1. The van der Waals surface area contributed by atoms with E-state index in [9.17, 15) is 0 Å². The van der Waals surface area contributed by atoms with E-state index in [-0.39, 0.29) is 5.41 Å². The molecular weight excluding hydrogens is 372 g/mol. The summed E-state index contributed by atoms with van der Waals surface area (Å²) in [6, 6.07) is 27.5. The van der Waals surface area contributed by atoms with Crippen molar-refractivity contribution >= 4 is 0 Å². The van der Waals surface area contributed by atoms with Gasteiger partial charge in [-0.25, -0.2) is 0 Å². The second-order valence-corrected chi connectivity index (χ2v) is 9.12. The molecule has 31 heavy (non-hydrogen) atoms. The molecule has 3 aromatic carbocycles. The van der Waals surface area contributed by atoms with Crippen LogP contribution in [0.2, 0.25) is 0 Å². The monoisotopic (exact) mass is 406 g/mol. The molecule has 0 aliphatic heterocycles. The molecule has 0 amide bonds. The van der Waals surface area contributed by atoms with Gasteiger partial charge in [0.2, 0.25) is 0 Å². The average Bonchev–Trinajstić information content (AvgIpc) is 3.22. The first kappa shape index (κ1) is 21.4. The molecule has 0 heteroatoms. The molecule has 0 nitrogen and oxygen atoms in total. The highest BCUT2D eigenvalue weighted by Gasteiger charge is 2.45. The summed E-state index contributed by atoms with van der Waals surface area (Å²) in [4.78, 5) is 0. The minimum atomic E-state index is -0.253. The molecule has 0 N–H and O–H groups in total. The van der Waals surface area contributed by atoms with Crippen LogP contribution in [-0.2, 0) is 5.41 Å². The van der Waals surface area contributed by atoms with Crippen LogP contribution in [0, 0.1) is 26.7 Å². The summed E-state index contributed by atoms with van der Waals surface area (Å²) in [5.41, 5.74) is 9.35. The number of allylic oxidation sites excluding steroid dienone is 4. The van der Waals surface area contributed by atoms with Crippen LogP contribution in [0.4, 0.5) is 0 Å². The van der Waals surface area contributed by atoms with Crippen LogP contribution >= 0.6 is 0 Å². The van der Waals surface area contributed by atoms with Gasteiger partial charge in [-0.15, -0.1) is 0 Å². The Kier molecular flexibility index (Phi) is 6.28. The minimum Gasteiger partial charge on any atom is -0.0758 e. The van der Waals surface area contributed by atoms with Gasteiger partial charge in [0.05, 0.1) is 5.41 Å². The highest BCUT2D eigenvalue weighted by molar-refractivity contribution is 5.57. The van der Waals surface area contributed by atoms with Crippen molar-refractivity contribution in [2.45, 2.75) is 52.4 Å². The molecule has 1 atom stereocenters. The highest BCUT2D eigenvalue weighted by Crippen LogP contribution is 2.51. The Morgan fingerprint density at radius 3 is 1.61 bits per heavy atom. The van der Waals surface area contributed by atoms with Crippen LogP contribution in [0.25, 0.3) is 0 Å². The van der Waals surface area contributed by atoms with Crippen LogP contribution in [0.3, 0.4) is 0 Å². The number of aryl methyl sites for hydroxylation is 3. The summed E-state index contributed by atoms with van der Waals surface area (Å²) in [6.45, 7) is 8.91. The average molecular weight is 407 g/mol. The molecule has 1 aliphatic carbocycles. The van der Waals surface area contributed by atoms with Crippen molar-refractivity contribution in [3.8, 4) is 0 Å². The van der Waals surface area contributed by atoms with Gasteiger partial charge in [-0.3, -0.25) is 0 Å². The van der Waals surface area contributed by atoms with E-state index < -0.39 is 0 Å². The predicted molar refractivity (Wildman–Crippen MR) is 134 cm³/mol. The Hall–Kier alpha value is -2.86. The fraction of sp³-hybridized carbons (Fsp3) is 0.290. The summed E-state index contributed by atoms with van der Waals surface area (Å²) in [6.07, 6.45) is 10.7. The first-order valence-corrected chi connectivity index (χ1v) is 11.6. The molecule has 158 valence electrons. The molecule has 0 fully saturated rings. The van der Waals surface area contributed by atoms with E-state index in [1.165, 1.54) is 46.2 Å². The topological polar surface area (TPSA) is 0 Å². The van der Waals surface area contributed by atoms with Crippen molar-refractivity contribution < 1.29 is 0 Å². The van der Waals surface area contributed by atoms with Crippen molar-refractivity contribution in [1.29, 1.82) is 0 Å². The van der Waals surface area contributed by atoms with Crippen LogP contribution in [0.5, 0.6) is 0 Å². The zero-order valence-electron chi connectivity index (χ0n) is 19.4. The molecular formula is C31H34. The SMILES string of the molecule is CCCCC1=CC=CC1C(c1cccc(C)c1)(c1cccc(C)c1)c1cccc(C)c1. The summed E-state index contributed by atoms with van der Waals surface area (Å²) >= 11 is 0. The van der Waals surface area contributed by atoms with Gasteiger partial charge in [0.1, 0.15) is 0 Å². The van der Waals surface area contributed by atoms with Gasteiger partial charge in [-0.05, 0) is 50.3 Å². The normalized spacial score (nSPS) is 15.9. The number of unbranched alkanes of at least 4 members (excludes halogenated alkanes) is 1. The summed E-state index contributed by atoms with van der Waals surface area (Å²) in [5, 5.41) is 0. The van der Waals surface area contributed by atoms with E-state index in [1.54, 1.807) is 5.57 Å². The third-order valence-corrected chi connectivity index (χ3v) is 6.72. The first-order valence-electron chi connectivity index (χ1n) is 11.6. The number of hydrogen-bond acceptors (Lipinski definition) is 0. The smallest absolute Gasteiger partial charge is 0.0551 e. The Morgan fingerprint density at radius 2 is 1.19 bits per heavy atom. The number of benzene rings is 3. The van der Waals surface area contributed by atoms with Crippen molar-refractivity contribution in [2.75, 3.05) is 0 Å². The summed E-state index contributed by atoms with van der Waals surface area (Å²) < 4.78 is 0. The molecule has 0 spiro atoms. The Balaban J connectivity index is 2.07. The standard InChI is InChI=1S/C31H34/c1-5-6-14-26-15-10-19-30(26)31(27-16-7-11-23(2)20-27,28-17-8-12-24(3)21-28)29-18-9-13-25(4)22-29/h7-13,15-22,30H,5-6,14H2,1-4H3. The lowest BCUT2D eigenvalue weighted by Gasteiger charge is -2.42. The number of hydrogen-bond donors (Lipinski definition) is 0. The number of rotatable bonds is 7. The van der Waals surface area contributed by atoms with Gasteiger partial charge in [-0.2, -0.15) is 0 Å². The zero-order valence-corrected chi connectivity index (χ0v) is 19.4. The maximum Gasteiger partial charge on any atom is 0.0551 e. The van der Waals surface area contributed by atoms with Crippen molar-refractivity contribution in [3.63, 3.8) is 0 Å². The molecule has 0 aromatic heterocycles. The Morgan fingerprint density at radius 1 is 0.710 bits per heavy atom. The molecule has 1 unspecified atom stereocenters. The van der Waals surface area contributed by atoms with Crippen LogP contribution in [0.15, 0.2) is 96.6 Å². The molecule has 4 rings (SSSR count). The fourth-order valence-corrected chi connectivity index (χ4v) is 5.27. The Bertz CT molecular complexity index is 1000. The summed E-state index contributed by atoms with van der Waals surface area (Å²) in [5.74, 6) is 0.310. The van der Waals surface area contributed by atoms with E-state index in [0.29, 0.717) is 5.92 Å². The molecule has 0 heterocycles. The minimum absolute atomic E-state index is 0.253. The highest BCUT2D eigenvalue weighted by atomic mass is 14.5. The molecule has 0 saturated heterocycles. The van der Waals surface area contributed by atoms with Crippen molar-refractivity contribution in [3.05, 3.63) is 130 Å². The third-order valence-electron chi connectivity index (χ3n) is 6.72. The van der Waals surface area contributed by atoms with E-state index >= 15 is 0 Å². The van der Waals surface area contributed by atoms with E-state index in [2.05, 4.69) is 119 Å². The quantitative estimate of drug-likeness (QED) is 0.346. The third kappa shape index (κ3) is 4.04. The fourth-order valence-electron chi connectivity index (χ4n) is 5.27. The predicted octanol–water partition coefficient (Wildman–Crippen LogP) is 8.25. The lowest BCUT2D eigenvalue weighted by molar-refractivity contribution is 0.490. The zero-order chi connectivity index (χ0) is 21.8. The van der Waals surface area contributed by atoms with Gasteiger partial charge in [-0.1, -0.05) is 127 Å². The van der Waals surface area contributed by atoms with Gasteiger partial charge in [0.15, 0.2) is 0 Å². The van der Waals surface area contributed by atoms with Gasteiger partial charge >= 0.3 is 0 Å². The molecule has 3 aromatic rings. The molecule has 0 radical (unpaired) electrons. The largest absolute Gasteiger partial charge is 0.0758 e. The van der Waals surface area contributed by atoms with Crippen molar-refractivity contribution in [2.24, 2.45) is 5.92 Å². The van der Waals surface area contributed by atoms with Gasteiger partial charge in [0.25, 0.3) is 0 Å². The van der Waals surface area contributed by atoms with E-state index in [4.69, 9.17) is 0 Å². The van der Waals surface area contributed by atoms with Crippen LogP contribution in [-0.4, -0.2) is 0 Å².